The van der Waals surface area contributed by atoms with Crippen molar-refractivity contribution in [2.45, 2.75) is 50.5 Å². The normalized spacial score (nSPS) is 22.8. The van der Waals surface area contributed by atoms with E-state index in [9.17, 15) is 13.2 Å². The second-order valence-electron chi connectivity index (χ2n) is 8.60. The van der Waals surface area contributed by atoms with Crippen LogP contribution in [0.25, 0.3) is 0 Å². The number of nitrogens with one attached hydrogen (secondary N) is 1. The van der Waals surface area contributed by atoms with E-state index in [2.05, 4.69) is 5.32 Å². The van der Waals surface area contributed by atoms with E-state index in [1.54, 1.807) is 42.5 Å². The zero-order chi connectivity index (χ0) is 21.5. The summed E-state index contributed by atoms with van der Waals surface area (Å²) in [5.74, 6) is 0.944. The van der Waals surface area contributed by atoms with E-state index in [1.807, 2.05) is 13.8 Å². The Hall–Kier alpha value is -2.05. The van der Waals surface area contributed by atoms with E-state index in [-0.39, 0.29) is 23.4 Å². The van der Waals surface area contributed by atoms with Crippen LogP contribution in [0.5, 0.6) is 0 Å². The van der Waals surface area contributed by atoms with Crippen LogP contribution in [0.3, 0.4) is 0 Å². The van der Waals surface area contributed by atoms with Gasteiger partial charge >= 0.3 is 0 Å². The number of aryl methyl sites for hydroxylation is 2. The predicted octanol–water partition coefficient (Wildman–Crippen LogP) is 4.46. The van der Waals surface area contributed by atoms with Crippen molar-refractivity contribution < 1.29 is 13.2 Å². The first kappa shape index (κ1) is 21.2. The molecule has 0 spiro atoms. The monoisotopic (exact) mass is 446 g/mol. The lowest BCUT2D eigenvalue weighted by molar-refractivity contribution is -0.120. The smallest absolute Gasteiger partial charge is 0.264 e. The Bertz CT molecular complexity index is 1050. The van der Waals surface area contributed by atoms with Crippen molar-refractivity contribution in [1.29, 1.82) is 0 Å². The summed E-state index contributed by atoms with van der Waals surface area (Å²) < 4.78 is 28.2. The lowest BCUT2D eigenvalue weighted by Crippen LogP contribution is -2.46. The summed E-state index contributed by atoms with van der Waals surface area (Å²) in [6, 6.07) is 11.9. The van der Waals surface area contributed by atoms with Crippen LogP contribution >= 0.6 is 11.6 Å². The van der Waals surface area contributed by atoms with Gasteiger partial charge in [0.1, 0.15) is 6.54 Å². The van der Waals surface area contributed by atoms with Crippen molar-refractivity contribution in [2.24, 2.45) is 11.8 Å². The third-order valence-corrected chi connectivity index (χ3v) is 8.43. The van der Waals surface area contributed by atoms with Gasteiger partial charge in [-0.05, 0) is 74.8 Å². The quantitative estimate of drug-likeness (QED) is 0.712. The lowest BCUT2D eigenvalue weighted by Gasteiger charge is -2.28. The van der Waals surface area contributed by atoms with Gasteiger partial charge in [-0.1, -0.05) is 41.8 Å². The van der Waals surface area contributed by atoms with Gasteiger partial charge in [0.05, 0.1) is 10.6 Å². The second-order valence-corrected chi connectivity index (χ2v) is 10.9. The number of halogens is 1. The minimum atomic E-state index is -3.94. The van der Waals surface area contributed by atoms with Crippen molar-refractivity contribution in [3.8, 4) is 0 Å². The largest absolute Gasteiger partial charge is 0.352 e. The fourth-order valence-electron chi connectivity index (χ4n) is 4.79. The number of carbonyl (C=O) groups is 1. The molecule has 1 amide bonds. The molecule has 0 aliphatic heterocycles. The topological polar surface area (TPSA) is 66.5 Å². The number of anilines is 1. The van der Waals surface area contributed by atoms with E-state index in [0.29, 0.717) is 22.5 Å². The minimum Gasteiger partial charge on any atom is -0.352 e. The summed E-state index contributed by atoms with van der Waals surface area (Å²) in [4.78, 5) is 13.1. The highest BCUT2D eigenvalue weighted by Gasteiger charge is 2.40. The molecule has 5 nitrogen and oxygen atoms in total. The first-order valence-corrected chi connectivity index (χ1v) is 12.2. The Kier molecular flexibility index (Phi) is 5.82. The molecule has 2 aliphatic carbocycles. The molecule has 0 aromatic heterocycles. The Morgan fingerprint density at radius 3 is 2.47 bits per heavy atom. The van der Waals surface area contributed by atoms with Gasteiger partial charge in [0.2, 0.25) is 5.91 Å². The third kappa shape index (κ3) is 4.21. The first-order valence-electron chi connectivity index (χ1n) is 10.4. The van der Waals surface area contributed by atoms with Gasteiger partial charge in [0, 0.05) is 11.1 Å². The molecule has 3 atom stereocenters. The highest BCUT2D eigenvalue weighted by Crippen LogP contribution is 2.44. The molecule has 0 heterocycles. The number of amides is 1. The fraction of sp³-hybridized carbons (Fsp3) is 0.435. The molecule has 2 aromatic rings. The molecule has 4 rings (SSSR count). The minimum absolute atomic E-state index is 0.153. The van der Waals surface area contributed by atoms with Gasteiger partial charge in [-0.2, -0.15) is 0 Å². The number of hydrogen-bond donors (Lipinski definition) is 1. The van der Waals surface area contributed by atoms with Crippen molar-refractivity contribution in [1.82, 2.24) is 5.32 Å². The average Bonchev–Trinajstić information content (AvgIpc) is 3.31. The summed E-state index contributed by atoms with van der Waals surface area (Å²) in [5, 5.41) is 3.52. The maximum absolute atomic E-state index is 13.5. The molecule has 160 valence electrons. The molecule has 7 heteroatoms. The van der Waals surface area contributed by atoms with Crippen molar-refractivity contribution >= 4 is 33.2 Å². The lowest BCUT2D eigenvalue weighted by atomic mass is 9.95. The summed E-state index contributed by atoms with van der Waals surface area (Å²) in [5.41, 5.74) is 2.13. The van der Waals surface area contributed by atoms with Gasteiger partial charge in [0.25, 0.3) is 10.0 Å². The number of hydrogen-bond acceptors (Lipinski definition) is 3. The average molecular weight is 447 g/mol. The molecule has 3 unspecified atom stereocenters. The van der Waals surface area contributed by atoms with E-state index in [1.165, 1.54) is 17.1 Å². The predicted molar refractivity (Wildman–Crippen MR) is 119 cm³/mol. The highest BCUT2D eigenvalue weighted by atomic mass is 35.5. The summed E-state index contributed by atoms with van der Waals surface area (Å²) in [7, 11) is -3.94. The standard InChI is InChI=1S/C23H27ClN2O3S/c1-15-3-9-20(10-4-15)30(28,29)26(22-13-19(24)8-5-16(22)2)14-23(27)25-21-12-17-6-7-18(21)11-17/h3-5,8-10,13,17-18,21H,6-7,11-12,14H2,1-2H3,(H,25,27). The Morgan fingerprint density at radius 2 is 1.83 bits per heavy atom. The Balaban J connectivity index is 1.64. The van der Waals surface area contributed by atoms with Gasteiger partial charge in [-0.15, -0.1) is 0 Å². The first-order chi connectivity index (χ1) is 14.2. The summed E-state index contributed by atoms with van der Waals surface area (Å²) >= 11 is 6.17. The Labute approximate surface area is 183 Å². The van der Waals surface area contributed by atoms with Crippen molar-refractivity contribution in [2.75, 3.05) is 10.8 Å². The van der Waals surface area contributed by atoms with E-state index < -0.39 is 10.0 Å². The molecule has 2 saturated carbocycles. The summed E-state index contributed by atoms with van der Waals surface area (Å²) in [6.45, 7) is 3.44. The number of carbonyl (C=O) groups excluding carboxylic acids is 1. The van der Waals surface area contributed by atoms with E-state index in [4.69, 9.17) is 11.6 Å². The zero-order valence-electron chi connectivity index (χ0n) is 17.3. The molecule has 1 N–H and O–H groups in total. The number of fused-ring (bicyclic) bond motifs is 2. The van der Waals surface area contributed by atoms with E-state index >= 15 is 0 Å². The van der Waals surface area contributed by atoms with E-state index in [0.717, 1.165) is 24.0 Å². The van der Waals surface area contributed by atoms with Crippen molar-refractivity contribution in [3.63, 3.8) is 0 Å². The van der Waals surface area contributed by atoms with Gasteiger partial charge < -0.3 is 5.32 Å². The molecule has 2 aromatic carbocycles. The summed E-state index contributed by atoms with van der Waals surface area (Å²) in [6.07, 6.45) is 4.56. The molecule has 0 radical (unpaired) electrons. The number of nitrogens with zero attached hydrogens (tertiary/aromatic N) is 1. The van der Waals surface area contributed by atoms with Crippen LogP contribution in [0.1, 0.15) is 36.8 Å². The van der Waals surface area contributed by atoms with Crippen LogP contribution in [0.2, 0.25) is 5.02 Å². The molecule has 0 saturated heterocycles. The van der Waals surface area contributed by atoms with Crippen LogP contribution in [-0.4, -0.2) is 26.9 Å². The highest BCUT2D eigenvalue weighted by molar-refractivity contribution is 7.92. The van der Waals surface area contributed by atoms with Gasteiger partial charge in [-0.3, -0.25) is 9.10 Å². The maximum atomic E-state index is 13.5. The van der Waals surface area contributed by atoms with Crippen LogP contribution in [0.15, 0.2) is 47.4 Å². The molecule has 2 aliphatic rings. The van der Waals surface area contributed by atoms with Crippen LogP contribution < -0.4 is 9.62 Å². The van der Waals surface area contributed by atoms with Crippen LogP contribution in [0.4, 0.5) is 5.69 Å². The Morgan fingerprint density at radius 1 is 1.10 bits per heavy atom. The molecular formula is C23H27ClN2O3S. The number of benzene rings is 2. The molecule has 30 heavy (non-hydrogen) atoms. The molecule has 2 fully saturated rings. The number of sulfonamides is 1. The SMILES string of the molecule is Cc1ccc(S(=O)(=O)N(CC(=O)NC2CC3CCC2C3)c2cc(Cl)ccc2C)cc1. The van der Waals surface area contributed by atoms with Crippen molar-refractivity contribution in [3.05, 3.63) is 58.6 Å². The fourth-order valence-corrected chi connectivity index (χ4v) is 6.44. The van der Waals surface area contributed by atoms with Crippen LogP contribution in [0, 0.1) is 25.7 Å². The maximum Gasteiger partial charge on any atom is 0.264 e. The second kappa shape index (κ2) is 8.23. The molecular weight excluding hydrogens is 420 g/mol. The number of rotatable bonds is 6. The zero-order valence-corrected chi connectivity index (χ0v) is 18.8. The molecule has 2 bridgehead atoms. The van der Waals surface area contributed by atoms with Gasteiger partial charge in [0.15, 0.2) is 0 Å². The third-order valence-electron chi connectivity index (χ3n) is 6.42. The van der Waals surface area contributed by atoms with Gasteiger partial charge in [-0.25, -0.2) is 8.42 Å². The van der Waals surface area contributed by atoms with Crippen LogP contribution in [-0.2, 0) is 14.8 Å².